The molecule has 1 aromatic carbocycles. The monoisotopic (exact) mass is 261 g/mol. The standard InChI is InChI=1S/C14H15NO4/c16-12(8-11-6-7-15-11)13(17)14(18)19-9-10-4-2-1-3-5-10/h1-5,11,15H,6-9H2. The van der Waals surface area contributed by atoms with Crippen LogP contribution in [0.1, 0.15) is 18.4 Å². The van der Waals surface area contributed by atoms with E-state index in [2.05, 4.69) is 5.32 Å². The first-order valence-electron chi connectivity index (χ1n) is 6.18. The van der Waals surface area contributed by atoms with Gasteiger partial charge in [0.15, 0.2) is 0 Å². The Bertz CT molecular complexity index is 479. The van der Waals surface area contributed by atoms with Crippen molar-refractivity contribution in [3.63, 3.8) is 0 Å². The van der Waals surface area contributed by atoms with Crippen molar-refractivity contribution in [3.05, 3.63) is 35.9 Å². The van der Waals surface area contributed by atoms with E-state index in [1.165, 1.54) is 0 Å². The summed E-state index contributed by atoms with van der Waals surface area (Å²) in [5.41, 5.74) is 0.775. The van der Waals surface area contributed by atoms with Gasteiger partial charge in [-0.05, 0) is 18.5 Å². The SMILES string of the molecule is O=C(CC1CCN1)C(=O)C(=O)OCc1ccccc1. The summed E-state index contributed by atoms with van der Waals surface area (Å²) in [4.78, 5) is 34.4. The molecule has 0 aliphatic carbocycles. The molecule has 0 spiro atoms. The zero-order valence-electron chi connectivity index (χ0n) is 10.4. The Morgan fingerprint density at radius 3 is 2.47 bits per heavy atom. The predicted octanol–water partition coefficient (Wildman–Crippen LogP) is 0.620. The van der Waals surface area contributed by atoms with Gasteiger partial charge in [0.25, 0.3) is 0 Å². The van der Waals surface area contributed by atoms with Gasteiger partial charge in [0, 0.05) is 12.5 Å². The van der Waals surface area contributed by atoms with E-state index in [-0.39, 0.29) is 19.1 Å². The lowest BCUT2D eigenvalue weighted by Crippen LogP contribution is -2.45. The summed E-state index contributed by atoms with van der Waals surface area (Å²) < 4.78 is 4.81. The molecule has 0 aromatic heterocycles. The maximum Gasteiger partial charge on any atom is 0.383 e. The molecular formula is C14H15NO4. The smallest absolute Gasteiger partial charge is 0.383 e. The molecule has 1 saturated heterocycles. The third-order valence-electron chi connectivity index (χ3n) is 3.01. The molecule has 1 aliphatic heterocycles. The molecule has 0 radical (unpaired) electrons. The van der Waals surface area contributed by atoms with E-state index >= 15 is 0 Å². The number of carbonyl (C=O) groups excluding carboxylic acids is 3. The maximum absolute atomic E-state index is 11.5. The first-order valence-corrected chi connectivity index (χ1v) is 6.18. The Balaban J connectivity index is 1.78. The molecule has 0 saturated carbocycles. The van der Waals surface area contributed by atoms with Crippen molar-refractivity contribution in [1.82, 2.24) is 5.32 Å². The van der Waals surface area contributed by atoms with Crippen LogP contribution < -0.4 is 5.32 Å². The number of hydrogen-bond acceptors (Lipinski definition) is 5. The van der Waals surface area contributed by atoms with Gasteiger partial charge >= 0.3 is 11.8 Å². The number of carbonyl (C=O) groups is 3. The zero-order valence-corrected chi connectivity index (χ0v) is 10.4. The van der Waals surface area contributed by atoms with Crippen LogP contribution in [0.2, 0.25) is 0 Å². The molecule has 1 fully saturated rings. The van der Waals surface area contributed by atoms with Crippen molar-refractivity contribution in [2.45, 2.75) is 25.5 Å². The van der Waals surface area contributed by atoms with E-state index in [9.17, 15) is 14.4 Å². The second kappa shape index (κ2) is 6.24. The van der Waals surface area contributed by atoms with E-state index in [0.717, 1.165) is 18.5 Å². The number of ether oxygens (including phenoxy) is 1. The molecule has 5 heteroatoms. The van der Waals surface area contributed by atoms with Crippen molar-refractivity contribution in [2.75, 3.05) is 6.54 Å². The molecule has 1 N–H and O–H groups in total. The normalized spacial score (nSPS) is 17.4. The lowest BCUT2D eigenvalue weighted by Gasteiger charge is -2.26. The molecule has 1 aliphatic rings. The molecule has 0 amide bonds. The predicted molar refractivity (Wildman–Crippen MR) is 67.3 cm³/mol. The Hall–Kier alpha value is -2.01. The average Bonchev–Trinajstić information content (AvgIpc) is 2.40. The number of Topliss-reactive ketones (excluding diaryl/α,β-unsaturated/α-hetero) is 2. The molecule has 19 heavy (non-hydrogen) atoms. The molecule has 1 aromatic rings. The summed E-state index contributed by atoms with van der Waals surface area (Å²) in [6, 6.07) is 9.02. The summed E-state index contributed by atoms with van der Waals surface area (Å²) in [7, 11) is 0. The highest BCUT2D eigenvalue weighted by Crippen LogP contribution is 2.08. The highest BCUT2D eigenvalue weighted by molar-refractivity contribution is 6.62. The molecule has 2 rings (SSSR count). The first-order chi connectivity index (χ1) is 9.16. The molecule has 1 unspecified atom stereocenters. The second-order valence-corrected chi connectivity index (χ2v) is 4.46. The fraction of sp³-hybridized carbons (Fsp3) is 0.357. The van der Waals surface area contributed by atoms with Crippen LogP contribution in [0.3, 0.4) is 0 Å². The quantitative estimate of drug-likeness (QED) is 0.461. The zero-order chi connectivity index (χ0) is 13.7. The van der Waals surface area contributed by atoms with Crippen LogP contribution in [0.4, 0.5) is 0 Å². The molecule has 0 bridgehead atoms. The van der Waals surface area contributed by atoms with Crippen LogP contribution in [0.15, 0.2) is 30.3 Å². The van der Waals surface area contributed by atoms with Crippen LogP contribution in [0.5, 0.6) is 0 Å². The number of esters is 1. The number of hydrogen-bond donors (Lipinski definition) is 1. The highest BCUT2D eigenvalue weighted by atomic mass is 16.5. The molecular weight excluding hydrogens is 246 g/mol. The summed E-state index contributed by atoms with van der Waals surface area (Å²) >= 11 is 0. The van der Waals surface area contributed by atoms with Gasteiger partial charge in [0.2, 0.25) is 5.78 Å². The van der Waals surface area contributed by atoms with Gasteiger partial charge in [-0.3, -0.25) is 9.59 Å². The topological polar surface area (TPSA) is 72.5 Å². The number of benzene rings is 1. The number of ketones is 2. The van der Waals surface area contributed by atoms with E-state index in [0.29, 0.717) is 0 Å². The fourth-order valence-electron chi connectivity index (χ4n) is 1.74. The molecule has 1 heterocycles. The van der Waals surface area contributed by atoms with Crippen LogP contribution in [-0.4, -0.2) is 30.1 Å². The van der Waals surface area contributed by atoms with Gasteiger partial charge in [-0.15, -0.1) is 0 Å². The largest absolute Gasteiger partial charge is 0.455 e. The summed E-state index contributed by atoms with van der Waals surface area (Å²) in [5.74, 6) is -2.83. The summed E-state index contributed by atoms with van der Waals surface area (Å²) in [5, 5.41) is 3.00. The summed E-state index contributed by atoms with van der Waals surface area (Å²) in [6.45, 7) is 0.852. The molecule has 1 atom stereocenters. The van der Waals surface area contributed by atoms with Crippen molar-refractivity contribution in [1.29, 1.82) is 0 Å². The van der Waals surface area contributed by atoms with Gasteiger partial charge in [0.05, 0.1) is 0 Å². The van der Waals surface area contributed by atoms with Gasteiger partial charge in [-0.25, -0.2) is 4.79 Å². The lowest BCUT2D eigenvalue weighted by atomic mass is 9.99. The third-order valence-corrected chi connectivity index (χ3v) is 3.01. The Labute approximate surface area is 110 Å². The van der Waals surface area contributed by atoms with Gasteiger partial charge in [-0.2, -0.15) is 0 Å². The minimum Gasteiger partial charge on any atom is -0.455 e. The summed E-state index contributed by atoms with van der Waals surface area (Å²) in [6.07, 6.45) is 0.928. The van der Waals surface area contributed by atoms with Crippen LogP contribution >= 0.6 is 0 Å². The van der Waals surface area contributed by atoms with E-state index < -0.39 is 17.5 Å². The van der Waals surface area contributed by atoms with Crippen molar-refractivity contribution < 1.29 is 19.1 Å². The van der Waals surface area contributed by atoms with Crippen molar-refractivity contribution >= 4 is 17.5 Å². The number of nitrogens with one attached hydrogen (secondary N) is 1. The Kier molecular flexibility index (Phi) is 4.41. The molecule has 5 nitrogen and oxygen atoms in total. The highest BCUT2D eigenvalue weighted by Gasteiger charge is 2.28. The lowest BCUT2D eigenvalue weighted by molar-refractivity contribution is -0.157. The Morgan fingerprint density at radius 2 is 1.89 bits per heavy atom. The van der Waals surface area contributed by atoms with Crippen molar-refractivity contribution in [2.24, 2.45) is 0 Å². The minimum atomic E-state index is -1.08. The second-order valence-electron chi connectivity index (χ2n) is 4.46. The van der Waals surface area contributed by atoms with E-state index in [4.69, 9.17) is 4.74 Å². The van der Waals surface area contributed by atoms with Crippen molar-refractivity contribution in [3.8, 4) is 0 Å². The minimum absolute atomic E-state index is 0.000369. The van der Waals surface area contributed by atoms with Gasteiger partial charge < -0.3 is 10.1 Å². The molecule has 100 valence electrons. The van der Waals surface area contributed by atoms with Crippen LogP contribution in [0.25, 0.3) is 0 Å². The fourth-order valence-corrected chi connectivity index (χ4v) is 1.74. The third kappa shape index (κ3) is 3.72. The maximum atomic E-state index is 11.5. The van der Waals surface area contributed by atoms with Gasteiger partial charge in [0.1, 0.15) is 6.61 Å². The van der Waals surface area contributed by atoms with Crippen LogP contribution in [0, 0.1) is 0 Å². The van der Waals surface area contributed by atoms with Crippen LogP contribution in [-0.2, 0) is 25.7 Å². The Morgan fingerprint density at radius 1 is 1.21 bits per heavy atom. The van der Waals surface area contributed by atoms with Gasteiger partial charge in [-0.1, -0.05) is 30.3 Å². The van der Waals surface area contributed by atoms with E-state index in [1.807, 2.05) is 6.07 Å². The average molecular weight is 261 g/mol. The number of rotatable bonds is 6. The first kappa shape index (κ1) is 13.4. The van der Waals surface area contributed by atoms with E-state index in [1.54, 1.807) is 24.3 Å².